The van der Waals surface area contributed by atoms with Crippen LogP contribution in [0.25, 0.3) is 0 Å². The lowest BCUT2D eigenvalue weighted by molar-refractivity contribution is -0.130. The molecule has 7 nitrogen and oxygen atoms in total. The lowest BCUT2D eigenvalue weighted by Crippen LogP contribution is -2.30. The van der Waals surface area contributed by atoms with Gasteiger partial charge in [0, 0.05) is 30.9 Å². The van der Waals surface area contributed by atoms with Gasteiger partial charge in [-0.1, -0.05) is 43.3 Å². The average Bonchev–Trinajstić information content (AvgIpc) is 2.87. The summed E-state index contributed by atoms with van der Waals surface area (Å²) in [4.78, 5) is 39.1. The van der Waals surface area contributed by atoms with Crippen LogP contribution in [0.5, 0.6) is 5.75 Å². The third-order valence-electron chi connectivity index (χ3n) is 5.72. The molecule has 3 amide bonds. The molecule has 0 saturated heterocycles. The van der Waals surface area contributed by atoms with Crippen LogP contribution in [0.15, 0.2) is 66.7 Å². The molecule has 0 radical (unpaired) electrons. The van der Waals surface area contributed by atoms with Crippen molar-refractivity contribution in [1.29, 1.82) is 0 Å². The predicted molar refractivity (Wildman–Crippen MR) is 137 cm³/mol. The molecule has 3 aromatic rings. The van der Waals surface area contributed by atoms with E-state index in [0.717, 1.165) is 11.1 Å². The van der Waals surface area contributed by atoms with Crippen LogP contribution in [-0.2, 0) is 4.79 Å². The first-order chi connectivity index (χ1) is 17.2. The highest BCUT2D eigenvalue weighted by molar-refractivity contribution is 6.05. The van der Waals surface area contributed by atoms with Crippen LogP contribution < -0.4 is 15.4 Å². The fraction of sp³-hybridized carbons (Fsp3) is 0.250. The Hall–Kier alpha value is -4.20. The fourth-order valence-electron chi connectivity index (χ4n) is 3.54. The van der Waals surface area contributed by atoms with E-state index < -0.39 is 11.7 Å². The summed E-state index contributed by atoms with van der Waals surface area (Å²) in [5.41, 5.74) is 2.15. The molecular formula is C28H30FN3O4. The number of hydrogen-bond donors (Lipinski definition) is 2. The Bertz CT molecular complexity index is 1260. The molecular weight excluding hydrogens is 461 g/mol. The summed E-state index contributed by atoms with van der Waals surface area (Å²) in [6.07, 6.45) is 0.580. The van der Waals surface area contributed by atoms with Crippen molar-refractivity contribution in [3.05, 3.63) is 94.8 Å². The molecule has 3 aromatic carbocycles. The van der Waals surface area contributed by atoms with Gasteiger partial charge in [-0.2, -0.15) is 0 Å². The van der Waals surface area contributed by atoms with Gasteiger partial charge in [0.2, 0.25) is 0 Å². The van der Waals surface area contributed by atoms with Gasteiger partial charge in [-0.15, -0.1) is 0 Å². The maximum absolute atomic E-state index is 14.0. The average molecular weight is 492 g/mol. The van der Waals surface area contributed by atoms with Crippen molar-refractivity contribution in [2.75, 3.05) is 26.0 Å². The molecule has 0 aliphatic rings. The molecule has 0 heterocycles. The second-order valence-corrected chi connectivity index (χ2v) is 8.51. The zero-order chi connectivity index (χ0) is 26.2. The van der Waals surface area contributed by atoms with Gasteiger partial charge < -0.3 is 20.3 Å². The van der Waals surface area contributed by atoms with Crippen molar-refractivity contribution in [3.63, 3.8) is 0 Å². The number of para-hydroxylation sites is 1. The van der Waals surface area contributed by atoms with Crippen LogP contribution in [0.1, 0.15) is 51.2 Å². The summed E-state index contributed by atoms with van der Waals surface area (Å²) in [5, 5.41) is 5.70. The molecule has 1 atom stereocenters. The van der Waals surface area contributed by atoms with E-state index in [2.05, 4.69) is 10.6 Å². The molecule has 0 bridgehead atoms. The molecule has 36 heavy (non-hydrogen) atoms. The standard InChI is InChI=1S/C28H30FN3O4/c1-5-23(21-11-7-9-13-25(21)36-17-26(33)32(3)4)30-27(34)19-15-14-18(2)24(16-19)31-28(35)20-10-6-8-12-22(20)29/h6-16,23H,5,17H2,1-4H3,(H,30,34)(H,31,35). The van der Waals surface area contributed by atoms with Crippen LogP contribution in [0.2, 0.25) is 0 Å². The van der Waals surface area contributed by atoms with E-state index >= 15 is 0 Å². The number of halogens is 1. The van der Waals surface area contributed by atoms with Gasteiger partial charge in [-0.25, -0.2) is 4.39 Å². The normalized spacial score (nSPS) is 11.4. The summed E-state index contributed by atoms with van der Waals surface area (Å²) in [7, 11) is 3.31. The van der Waals surface area contributed by atoms with Crippen molar-refractivity contribution in [1.82, 2.24) is 10.2 Å². The maximum atomic E-state index is 14.0. The van der Waals surface area contributed by atoms with E-state index in [1.165, 1.54) is 23.1 Å². The summed E-state index contributed by atoms with van der Waals surface area (Å²) >= 11 is 0. The molecule has 3 rings (SSSR count). The number of amides is 3. The monoisotopic (exact) mass is 491 g/mol. The second-order valence-electron chi connectivity index (χ2n) is 8.51. The Kier molecular flexibility index (Phi) is 8.78. The molecule has 0 saturated carbocycles. The topological polar surface area (TPSA) is 87.7 Å². The number of ether oxygens (including phenoxy) is 1. The quantitative estimate of drug-likeness (QED) is 0.453. The van der Waals surface area contributed by atoms with E-state index in [-0.39, 0.29) is 30.0 Å². The first-order valence-electron chi connectivity index (χ1n) is 11.6. The maximum Gasteiger partial charge on any atom is 0.259 e. The third kappa shape index (κ3) is 6.47. The predicted octanol–water partition coefficient (Wildman–Crippen LogP) is 4.73. The SMILES string of the molecule is CCC(NC(=O)c1ccc(C)c(NC(=O)c2ccccc2F)c1)c1ccccc1OCC(=O)N(C)C. The molecule has 1 unspecified atom stereocenters. The number of likely N-dealkylation sites (N-methyl/N-ethyl adjacent to an activating group) is 1. The van der Waals surface area contributed by atoms with Crippen LogP contribution in [-0.4, -0.2) is 43.3 Å². The highest BCUT2D eigenvalue weighted by atomic mass is 19.1. The van der Waals surface area contributed by atoms with Crippen LogP contribution in [0, 0.1) is 12.7 Å². The van der Waals surface area contributed by atoms with E-state index in [4.69, 9.17) is 4.74 Å². The Labute approximate surface area is 210 Å². The molecule has 0 fully saturated rings. The minimum absolute atomic E-state index is 0.0813. The van der Waals surface area contributed by atoms with E-state index in [0.29, 0.717) is 23.4 Å². The Morgan fingerprint density at radius 2 is 1.67 bits per heavy atom. The molecule has 0 aromatic heterocycles. The van der Waals surface area contributed by atoms with Gasteiger partial charge >= 0.3 is 0 Å². The summed E-state index contributed by atoms with van der Waals surface area (Å²) in [6.45, 7) is 3.61. The van der Waals surface area contributed by atoms with E-state index in [1.54, 1.807) is 57.4 Å². The van der Waals surface area contributed by atoms with Gasteiger partial charge in [-0.3, -0.25) is 14.4 Å². The van der Waals surface area contributed by atoms with Gasteiger partial charge in [0.25, 0.3) is 17.7 Å². The molecule has 0 aliphatic carbocycles. The van der Waals surface area contributed by atoms with E-state index in [9.17, 15) is 18.8 Å². The molecule has 0 aliphatic heterocycles. The molecule has 8 heteroatoms. The van der Waals surface area contributed by atoms with Crippen molar-refractivity contribution >= 4 is 23.4 Å². The van der Waals surface area contributed by atoms with Crippen LogP contribution in [0.4, 0.5) is 10.1 Å². The Morgan fingerprint density at radius 3 is 2.36 bits per heavy atom. The number of benzene rings is 3. The van der Waals surface area contributed by atoms with E-state index in [1.807, 2.05) is 19.1 Å². The Balaban J connectivity index is 1.77. The summed E-state index contributed by atoms with van der Waals surface area (Å²) in [6, 6.07) is 17.5. The van der Waals surface area contributed by atoms with Gasteiger partial charge in [0.05, 0.1) is 11.6 Å². The number of nitrogens with zero attached hydrogens (tertiary/aromatic N) is 1. The summed E-state index contributed by atoms with van der Waals surface area (Å²) < 4.78 is 19.7. The second kappa shape index (κ2) is 12.0. The minimum Gasteiger partial charge on any atom is -0.483 e. The van der Waals surface area contributed by atoms with Crippen molar-refractivity contribution in [2.24, 2.45) is 0 Å². The number of aryl methyl sites for hydroxylation is 1. The largest absolute Gasteiger partial charge is 0.483 e. The van der Waals surface area contributed by atoms with Gasteiger partial charge in [0.1, 0.15) is 11.6 Å². The number of anilines is 1. The first kappa shape index (κ1) is 26.4. The first-order valence-corrected chi connectivity index (χ1v) is 11.6. The number of hydrogen-bond acceptors (Lipinski definition) is 4. The Morgan fingerprint density at radius 1 is 0.972 bits per heavy atom. The molecule has 2 N–H and O–H groups in total. The third-order valence-corrected chi connectivity index (χ3v) is 5.72. The van der Waals surface area contributed by atoms with Gasteiger partial charge in [-0.05, 0) is 49.2 Å². The fourth-order valence-corrected chi connectivity index (χ4v) is 3.54. The lowest BCUT2D eigenvalue weighted by atomic mass is 10.0. The van der Waals surface area contributed by atoms with Gasteiger partial charge in [0.15, 0.2) is 6.61 Å². The highest BCUT2D eigenvalue weighted by Gasteiger charge is 2.20. The zero-order valence-electron chi connectivity index (χ0n) is 20.8. The number of carbonyl (C=O) groups is 3. The molecule has 188 valence electrons. The minimum atomic E-state index is -0.625. The van der Waals surface area contributed by atoms with Crippen molar-refractivity contribution in [2.45, 2.75) is 26.3 Å². The smallest absolute Gasteiger partial charge is 0.259 e. The number of carbonyl (C=O) groups excluding carboxylic acids is 3. The van der Waals surface area contributed by atoms with Crippen LogP contribution >= 0.6 is 0 Å². The number of rotatable bonds is 9. The van der Waals surface area contributed by atoms with Crippen molar-refractivity contribution in [3.8, 4) is 5.75 Å². The summed E-state index contributed by atoms with van der Waals surface area (Å²) in [5.74, 6) is -1.23. The zero-order valence-corrected chi connectivity index (χ0v) is 20.8. The lowest BCUT2D eigenvalue weighted by Gasteiger charge is -2.21. The van der Waals surface area contributed by atoms with Crippen molar-refractivity contribution < 1.29 is 23.5 Å². The number of nitrogens with one attached hydrogen (secondary N) is 2. The molecule has 0 spiro atoms. The highest BCUT2D eigenvalue weighted by Crippen LogP contribution is 2.28. The van der Waals surface area contributed by atoms with Crippen LogP contribution in [0.3, 0.4) is 0 Å².